The topological polar surface area (TPSA) is 99.9 Å². The molecule has 104 valence electrons. The first kappa shape index (κ1) is 12.8. The number of pyridine rings is 1. The molecule has 0 unspecified atom stereocenters. The van der Waals surface area contributed by atoms with Gasteiger partial charge >= 0.3 is 0 Å². The van der Waals surface area contributed by atoms with Crippen molar-refractivity contribution in [1.29, 1.82) is 0 Å². The molecule has 0 atom stereocenters. The summed E-state index contributed by atoms with van der Waals surface area (Å²) in [7, 11) is 0. The fraction of sp³-hybridized carbons (Fsp3) is 0. The molecule has 0 fully saturated rings. The standard InChI is InChI=1S/C14H11N5O2/c15-14-9-11(19(20)21)8-12(17-14)13-6-7-16-18(13)10-4-2-1-3-5-10/h1-9H,(H2,15,17). The van der Waals surface area contributed by atoms with Gasteiger partial charge < -0.3 is 5.73 Å². The summed E-state index contributed by atoms with van der Waals surface area (Å²) in [4.78, 5) is 14.6. The van der Waals surface area contributed by atoms with Gasteiger partial charge in [-0.2, -0.15) is 5.10 Å². The van der Waals surface area contributed by atoms with Crippen LogP contribution in [0, 0.1) is 10.1 Å². The number of benzene rings is 1. The Morgan fingerprint density at radius 1 is 1.14 bits per heavy atom. The van der Waals surface area contributed by atoms with Gasteiger partial charge in [-0.3, -0.25) is 10.1 Å². The van der Waals surface area contributed by atoms with Gasteiger partial charge in [0.1, 0.15) is 5.82 Å². The van der Waals surface area contributed by atoms with Gasteiger partial charge in [0.2, 0.25) is 0 Å². The smallest absolute Gasteiger partial charge is 0.275 e. The molecule has 3 aromatic rings. The molecular weight excluding hydrogens is 270 g/mol. The molecule has 0 aliphatic carbocycles. The molecule has 0 aliphatic heterocycles. The number of nitrogen functional groups attached to an aromatic ring is 1. The first-order valence-electron chi connectivity index (χ1n) is 6.17. The minimum Gasteiger partial charge on any atom is -0.383 e. The molecule has 0 radical (unpaired) electrons. The first-order chi connectivity index (χ1) is 10.1. The van der Waals surface area contributed by atoms with E-state index in [1.807, 2.05) is 30.3 Å². The Morgan fingerprint density at radius 2 is 1.90 bits per heavy atom. The monoisotopic (exact) mass is 281 g/mol. The van der Waals surface area contributed by atoms with E-state index in [0.717, 1.165) is 5.69 Å². The van der Waals surface area contributed by atoms with Crippen LogP contribution < -0.4 is 5.73 Å². The van der Waals surface area contributed by atoms with E-state index in [9.17, 15) is 10.1 Å². The number of nitrogens with zero attached hydrogens (tertiary/aromatic N) is 4. The van der Waals surface area contributed by atoms with Crippen LogP contribution in [0.15, 0.2) is 54.7 Å². The number of rotatable bonds is 3. The lowest BCUT2D eigenvalue weighted by Crippen LogP contribution is -2.02. The summed E-state index contributed by atoms with van der Waals surface area (Å²) in [5, 5.41) is 15.2. The van der Waals surface area contributed by atoms with Gasteiger partial charge in [0.15, 0.2) is 0 Å². The van der Waals surface area contributed by atoms with Crippen molar-refractivity contribution in [3.63, 3.8) is 0 Å². The Labute approximate surface area is 119 Å². The molecule has 7 nitrogen and oxygen atoms in total. The highest BCUT2D eigenvalue weighted by Gasteiger charge is 2.14. The summed E-state index contributed by atoms with van der Waals surface area (Å²) >= 11 is 0. The largest absolute Gasteiger partial charge is 0.383 e. The van der Waals surface area contributed by atoms with E-state index in [1.54, 1.807) is 16.9 Å². The highest BCUT2D eigenvalue weighted by molar-refractivity contribution is 5.63. The van der Waals surface area contributed by atoms with Crippen molar-refractivity contribution in [1.82, 2.24) is 14.8 Å². The predicted molar refractivity (Wildman–Crippen MR) is 77.9 cm³/mol. The molecule has 0 saturated carbocycles. The maximum absolute atomic E-state index is 10.9. The van der Waals surface area contributed by atoms with E-state index in [2.05, 4.69) is 10.1 Å². The number of hydrogen-bond acceptors (Lipinski definition) is 5. The summed E-state index contributed by atoms with van der Waals surface area (Å²) in [5.74, 6) is 0.0972. The second-order valence-electron chi connectivity index (χ2n) is 4.36. The van der Waals surface area contributed by atoms with Gasteiger partial charge in [-0.15, -0.1) is 0 Å². The second-order valence-corrected chi connectivity index (χ2v) is 4.36. The SMILES string of the molecule is Nc1cc([N+](=O)[O-])cc(-c2ccnn2-c2ccccc2)n1. The maximum atomic E-state index is 10.9. The van der Waals surface area contributed by atoms with E-state index in [-0.39, 0.29) is 11.5 Å². The quantitative estimate of drug-likeness (QED) is 0.587. The van der Waals surface area contributed by atoms with Crippen LogP contribution in [0.3, 0.4) is 0 Å². The van der Waals surface area contributed by atoms with Crippen molar-refractivity contribution in [2.24, 2.45) is 0 Å². The predicted octanol–water partition coefficient (Wildman–Crippen LogP) is 2.42. The minimum absolute atomic E-state index is 0.0972. The van der Waals surface area contributed by atoms with Gasteiger partial charge in [0.05, 0.1) is 34.3 Å². The van der Waals surface area contributed by atoms with Crippen LogP contribution in [0.25, 0.3) is 17.1 Å². The van der Waals surface area contributed by atoms with Crippen LogP contribution in [0.4, 0.5) is 11.5 Å². The number of aromatic nitrogens is 3. The van der Waals surface area contributed by atoms with Crippen LogP contribution in [-0.4, -0.2) is 19.7 Å². The summed E-state index contributed by atoms with van der Waals surface area (Å²) in [5.41, 5.74) is 7.43. The third-order valence-corrected chi connectivity index (χ3v) is 2.95. The molecule has 0 saturated heterocycles. The Morgan fingerprint density at radius 3 is 2.62 bits per heavy atom. The summed E-state index contributed by atoms with van der Waals surface area (Å²) in [6, 6.07) is 13.8. The van der Waals surface area contributed by atoms with Gasteiger partial charge in [-0.05, 0) is 18.2 Å². The third-order valence-electron chi connectivity index (χ3n) is 2.95. The third kappa shape index (κ3) is 2.44. The van der Waals surface area contributed by atoms with Gasteiger partial charge in [0, 0.05) is 6.07 Å². The van der Waals surface area contributed by atoms with Crippen LogP contribution in [-0.2, 0) is 0 Å². The molecule has 2 heterocycles. The molecule has 2 N–H and O–H groups in total. The van der Waals surface area contributed by atoms with Crippen molar-refractivity contribution in [3.05, 3.63) is 64.8 Å². The number of nitro groups is 1. The molecule has 0 spiro atoms. The van der Waals surface area contributed by atoms with E-state index in [4.69, 9.17) is 5.73 Å². The normalized spacial score (nSPS) is 10.5. The van der Waals surface area contributed by atoms with Crippen LogP contribution in [0.1, 0.15) is 0 Å². The highest BCUT2D eigenvalue weighted by Crippen LogP contribution is 2.25. The Hall–Kier alpha value is -3.22. The average molecular weight is 281 g/mol. The Bertz CT molecular complexity index is 798. The second kappa shape index (κ2) is 5.04. The summed E-state index contributed by atoms with van der Waals surface area (Å²) in [6.45, 7) is 0. The molecule has 0 aliphatic rings. The van der Waals surface area contributed by atoms with Crippen molar-refractivity contribution in [2.75, 3.05) is 5.73 Å². The molecule has 0 amide bonds. The lowest BCUT2D eigenvalue weighted by atomic mass is 10.2. The van der Waals surface area contributed by atoms with Gasteiger partial charge in [-0.1, -0.05) is 18.2 Å². The van der Waals surface area contributed by atoms with E-state index in [1.165, 1.54) is 12.1 Å². The van der Waals surface area contributed by atoms with E-state index < -0.39 is 4.92 Å². The first-order valence-corrected chi connectivity index (χ1v) is 6.17. The number of hydrogen-bond donors (Lipinski definition) is 1. The molecule has 7 heteroatoms. The van der Waals surface area contributed by atoms with Crippen molar-refractivity contribution < 1.29 is 4.92 Å². The lowest BCUT2D eigenvalue weighted by molar-refractivity contribution is -0.384. The van der Waals surface area contributed by atoms with Gasteiger partial charge in [0.25, 0.3) is 5.69 Å². The molecular formula is C14H11N5O2. The van der Waals surface area contributed by atoms with Crippen molar-refractivity contribution in [2.45, 2.75) is 0 Å². The fourth-order valence-corrected chi connectivity index (χ4v) is 2.05. The van der Waals surface area contributed by atoms with Crippen LogP contribution >= 0.6 is 0 Å². The maximum Gasteiger partial charge on any atom is 0.275 e. The summed E-state index contributed by atoms with van der Waals surface area (Å²) in [6.07, 6.45) is 1.61. The van der Waals surface area contributed by atoms with Crippen molar-refractivity contribution in [3.8, 4) is 17.1 Å². The molecule has 3 rings (SSSR count). The fourth-order valence-electron chi connectivity index (χ4n) is 2.05. The molecule has 21 heavy (non-hydrogen) atoms. The number of nitrogens with two attached hydrogens (primary N) is 1. The highest BCUT2D eigenvalue weighted by atomic mass is 16.6. The number of anilines is 1. The van der Waals surface area contributed by atoms with E-state index >= 15 is 0 Å². The zero-order chi connectivity index (χ0) is 14.8. The molecule has 0 bridgehead atoms. The molecule has 2 aromatic heterocycles. The van der Waals surface area contributed by atoms with Crippen LogP contribution in [0.2, 0.25) is 0 Å². The van der Waals surface area contributed by atoms with Crippen LogP contribution in [0.5, 0.6) is 0 Å². The summed E-state index contributed by atoms with van der Waals surface area (Å²) < 4.78 is 1.66. The van der Waals surface area contributed by atoms with E-state index in [0.29, 0.717) is 11.4 Å². The lowest BCUT2D eigenvalue weighted by Gasteiger charge is -2.07. The van der Waals surface area contributed by atoms with Gasteiger partial charge in [-0.25, -0.2) is 9.67 Å². The molecule has 1 aromatic carbocycles. The Kier molecular flexibility index (Phi) is 3.07. The zero-order valence-corrected chi connectivity index (χ0v) is 10.9. The average Bonchev–Trinajstić information content (AvgIpc) is 2.97. The van der Waals surface area contributed by atoms with Crippen molar-refractivity contribution >= 4 is 11.5 Å². The Balaban J connectivity index is 2.15. The number of para-hydroxylation sites is 1. The minimum atomic E-state index is -0.495. The zero-order valence-electron chi connectivity index (χ0n) is 10.9.